The van der Waals surface area contributed by atoms with Crippen LogP contribution in [0, 0.1) is 0 Å². The van der Waals surface area contributed by atoms with Gasteiger partial charge in [-0.05, 0) is 31.0 Å². The van der Waals surface area contributed by atoms with E-state index in [1.807, 2.05) is 0 Å². The summed E-state index contributed by atoms with van der Waals surface area (Å²) in [4.78, 5) is 0. The summed E-state index contributed by atoms with van der Waals surface area (Å²) in [6.07, 6.45) is 1.69. The lowest BCUT2D eigenvalue weighted by Crippen LogP contribution is -2.56. The fraction of sp³-hybridized carbons (Fsp3) is 0.867. The van der Waals surface area contributed by atoms with Crippen LogP contribution in [0.3, 0.4) is 0 Å². The lowest BCUT2D eigenvalue weighted by Gasteiger charge is -2.46. The number of allylic oxidation sites excluding steroid dienone is 1. The monoisotopic (exact) mass is 292 g/mol. The molecular formula is C15H30F2OSi. The minimum atomic E-state index is -2.84. The van der Waals surface area contributed by atoms with Crippen LogP contribution < -0.4 is 0 Å². The van der Waals surface area contributed by atoms with E-state index < -0.39 is 19.8 Å². The van der Waals surface area contributed by atoms with Crippen molar-refractivity contribution in [3.8, 4) is 0 Å². The molecule has 0 aliphatic rings. The highest BCUT2D eigenvalue weighted by Crippen LogP contribution is 2.44. The molecule has 19 heavy (non-hydrogen) atoms. The molecule has 0 aromatic carbocycles. The van der Waals surface area contributed by atoms with Gasteiger partial charge in [0.25, 0.3) is 5.92 Å². The van der Waals surface area contributed by atoms with E-state index in [4.69, 9.17) is 4.43 Å². The Labute approximate surface area is 118 Å². The molecule has 0 bridgehead atoms. The quantitative estimate of drug-likeness (QED) is 0.366. The van der Waals surface area contributed by atoms with Gasteiger partial charge in [0.15, 0.2) is 8.32 Å². The van der Waals surface area contributed by atoms with E-state index >= 15 is 0 Å². The summed E-state index contributed by atoms with van der Waals surface area (Å²) >= 11 is 0. The molecule has 0 saturated carbocycles. The smallest absolute Gasteiger partial charge is 0.278 e. The van der Waals surface area contributed by atoms with Crippen molar-refractivity contribution < 1.29 is 13.2 Å². The largest absolute Gasteiger partial charge is 0.405 e. The zero-order valence-electron chi connectivity index (χ0n) is 13.2. The van der Waals surface area contributed by atoms with E-state index in [1.165, 1.54) is 6.08 Å². The van der Waals surface area contributed by atoms with Gasteiger partial charge in [0.1, 0.15) is 5.60 Å². The number of rotatable bonds is 10. The summed E-state index contributed by atoms with van der Waals surface area (Å²) in [5, 5.41) is 0. The molecular weight excluding hydrogens is 262 g/mol. The molecule has 0 radical (unpaired) electrons. The van der Waals surface area contributed by atoms with E-state index in [0.29, 0.717) is 12.8 Å². The lowest BCUT2D eigenvalue weighted by molar-refractivity contribution is -0.172. The first-order chi connectivity index (χ1) is 8.82. The number of halogens is 2. The number of hydrogen-bond donors (Lipinski definition) is 0. The van der Waals surface area contributed by atoms with Gasteiger partial charge in [-0.15, -0.1) is 6.58 Å². The van der Waals surface area contributed by atoms with Gasteiger partial charge in [-0.2, -0.15) is 0 Å². The van der Waals surface area contributed by atoms with Crippen molar-refractivity contribution in [2.45, 2.75) is 83.5 Å². The Morgan fingerprint density at radius 2 is 1.42 bits per heavy atom. The second kappa shape index (κ2) is 7.53. The van der Waals surface area contributed by atoms with Gasteiger partial charge in [-0.25, -0.2) is 8.78 Å². The molecule has 0 fully saturated rings. The Morgan fingerprint density at radius 3 is 1.68 bits per heavy atom. The summed E-state index contributed by atoms with van der Waals surface area (Å²) in [6, 6.07) is 2.68. The molecule has 0 amide bonds. The van der Waals surface area contributed by atoms with Crippen LogP contribution in [0.1, 0.15) is 53.9 Å². The van der Waals surface area contributed by atoms with Gasteiger partial charge in [0.05, 0.1) is 0 Å². The SMILES string of the molecule is C=CCC(F)(F)C(CC)(CC)O[Si](CC)(CC)CC. The molecule has 0 aromatic heterocycles. The maximum atomic E-state index is 14.5. The first-order valence-corrected chi connectivity index (χ1v) is 10.0. The summed E-state index contributed by atoms with van der Waals surface area (Å²) < 4.78 is 35.2. The molecule has 0 saturated heterocycles. The number of hydrogen-bond acceptors (Lipinski definition) is 1. The van der Waals surface area contributed by atoms with Crippen LogP contribution in [-0.4, -0.2) is 19.8 Å². The second-order valence-corrected chi connectivity index (χ2v) is 9.94. The Hall–Kier alpha value is -0.223. The van der Waals surface area contributed by atoms with Crippen LogP contribution in [0.15, 0.2) is 12.7 Å². The van der Waals surface area contributed by atoms with Crippen molar-refractivity contribution in [3.05, 3.63) is 12.7 Å². The van der Waals surface area contributed by atoms with Gasteiger partial charge < -0.3 is 4.43 Å². The molecule has 0 aromatic rings. The standard InChI is InChI=1S/C15H30F2OSi/c1-7-13-15(16,17)14(8-2,9-3)18-19(10-4,11-5)12-6/h7H,1,8-13H2,2-6H3. The predicted octanol–water partition coefficient (Wildman–Crippen LogP) is 5.78. The fourth-order valence-corrected chi connectivity index (χ4v) is 5.93. The van der Waals surface area contributed by atoms with Crippen molar-refractivity contribution in [2.75, 3.05) is 0 Å². The van der Waals surface area contributed by atoms with Crippen LogP contribution in [0.25, 0.3) is 0 Å². The van der Waals surface area contributed by atoms with Gasteiger partial charge in [0.2, 0.25) is 0 Å². The third kappa shape index (κ3) is 3.88. The first-order valence-electron chi connectivity index (χ1n) is 7.51. The maximum absolute atomic E-state index is 14.5. The molecule has 0 aliphatic carbocycles. The Morgan fingerprint density at radius 1 is 1.00 bits per heavy atom. The Bertz CT molecular complexity index is 263. The third-order valence-corrected chi connectivity index (χ3v) is 9.24. The molecule has 0 atom stereocenters. The van der Waals surface area contributed by atoms with Gasteiger partial charge >= 0.3 is 0 Å². The summed E-state index contributed by atoms with van der Waals surface area (Å²) in [5.41, 5.74) is -1.32. The zero-order chi connectivity index (χ0) is 15.2. The molecule has 4 heteroatoms. The van der Waals surface area contributed by atoms with Crippen molar-refractivity contribution >= 4 is 8.32 Å². The molecule has 0 spiro atoms. The molecule has 0 N–H and O–H groups in total. The molecule has 0 aliphatic heterocycles. The van der Waals surface area contributed by atoms with E-state index in [1.54, 1.807) is 13.8 Å². The predicted molar refractivity (Wildman–Crippen MR) is 81.4 cm³/mol. The zero-order valence-corrected chi connectivity index (χ0v) is 14.2. The minimum absolute atomic E-state index is 0.309. The molecule has 1 nitrogen and oxygen atoms in total. The minimum Gasteiger partial charge on any atom is -0.405 e. The topological polar surface area (TPSA) is 9.23 Å². The molecule has 114 valence electrons. The van der Waals surface area contributed by atoms with E-state index in [0.717, 1.165) is 18.1 Å². The Kier molecular flexibility index (Phi) is 7.44. The fourth-order valence-electron chi connectivity index (χ4n) is 2.73. The van der Waals surface area contributed by atoms with Gasteiger partial charge in [0, 0.05) is 6.42 Å². The van der Waals surface area contributed by atoms with E-state index in [2.05, 4.69) is 27.4 Å². The average Bonchev–Trinajstić information content (AvgIpc) is 2.41. The third-order valence-electron chi connectivity index (χ3n) is 4.55. The van der Waals surface area contributed by atoms with Crippen LogP contribution in [0.2, 0.25) is 18.1 Å². The first kappa shape index (κ1) is 18.8. The average molecular weight is 292 g/mol. The maximum Gasteiger partial charge on any atom is 0.278 e. The van der Waals surface area contributed by atoms with Gasteiger partial charge in [-0.3, -0.25) is 0 Å². The molecule has 0 rings (SSSR count). The highest BCUT2D eigenvalue weighted by molar-refractivity contribution is 6.73. The summed E-state index contributed by atoms with van der Waals surface area (Å²) in [5.74, 6) is -2.84. The Balaban J connectivity index is 5.46. The highest BCUT2D eigenvalue weighted by atomic mass is 28.4. The van der Waals surface area contributed by atoms with Gasteiger partial charge in [-0.1, -0.05) is 40.7 Å². The van der Waals surface area contributed by atoms with Crippen molar-refractivity contribution in [1.29, 1.82) is 0 Å². The van der Waals surface area contributed by atoms with Crippen molar-refractivity contribution in [3.63, 3.8) is 0 Å². The van der Waals surface area contributed by atoms with Crippen molar-refractivity contribution in [1.82, 2.24) is 0 Å². The highest BCUT2D eigenvalue weighted by Gasteiger charge is 2.54. The number of alkyl halides is 2. The van der Waals surface area contributed by atoms with Crippen LogP contribution >= 0.6 is 0 Å². The van der Waals surface area contributed by atoms with Crippen molar-refractivity contribution in [2.24, 2.45) is 0 Å². The summed E-state index contributed by atoms with van der Waals surface area (Å²) in [6.45, 7) is 13.3. The molecule has 0 heterocycles. The van der Waals surface area contributed by atoms with E-state index in [9.17, 15) is 8.78 Å². The second-order valence-electron chi connectivity index (χ2n) is 5.24. The molecule has 0 unspecified atom stereocenters. The normalized spacial score (nSPS) is 13.6. The van der Waals surface area contributed by atoms with Crippen LogP contribution in [0.5, 0.6) is 0 Å². The van der Waals surface area contributed by atoms with Crippen LogP contribution in [0.4, 0.5) is 8.78 Å². The summed E-state index contributed by atoms with van der Waals surface area (Å²) in [7, 11) is -2.05. The van der Waals surface area contributed by atoms with Crippen LogP contribution in [-0.2, 0) is 4.43 Å². The lowest BCUT2D eigenvalue weighted by atomic mass is 9.88. The van der Waals surface area contributed by atoms with E-state index in [-0.39, 0.29) is 6.42 Å².